The summed E-state index contributed by atoms with van der Waals surface area (Å²) < 4.78 is 38.6. The normalized spacial score (nSPS) is 11.2. The minimum Gasteiger partial charge on any atom is -0.303 e. The zero-order chi connectivity index (χ0) is 12.8. The number of nitrogens with zero attached hydrogens (tertiary/aromatic N) is 2. The molecule has 0 aliphatic rings. The molecule has 0 unspecified atom stereocenters. The number of pyridine rings is 1. The highest BCUT2D eigenvalue weighted by molar-refractivity contribution is 7.99. The minimum atomic E-state index is -1.25. The van der Waals surface area contributed by atoms with E-state index in [9.17, 15) is 13.2 Å². The summed E-state index contributed by atoms with van der Waals surface area (Å²) in [6.07, 6.45) is 0. The number of hydrogen-bond acceptors (Lipinski definition) is 3. The molecule has 0 bridgehead atoms. The molecule has 1 rings (SSSR count). The lowest BCUT2D eigenvalue weighted by molar-refractivity contribution is 0.323. The topological polar surface area (TPSA) is 16.1 Å². The van der Waals surface area contributed by atoms with Crippen LogP contribution in [-0.2, 0) is 0 Å². The van der Waals surface area contributed by atoms with E-state index in [4.69, 9.17) is 0 Å². The van der Waals surface area contributed by atoms with Gasteiger partial charge in [0.25, 0.3) is 0 Å². The van der Waals surface area contributed by atoms with Crippen LogP contribution in [0.15, 0.2) is 11.1 Å². The van der Waals surface area contributed by atoms with Gasteiger partial charge in [0.05, 0.1) is 0 Å². The Hall–Kier alpha value is -0.750. The predicted molar refractivity (Wildman–Crippen MR) is 62.6 cm³/mol. The highest BCUT2D eigenvalue weighted by Gasteiger charge is 2.12. The maximum Gasteiger partial charge on any atom is 0.250 e. The Balaban J connectivity index is 2.55. The van der Waals surface area contributed by atoms with Gasteiger partial charge in [0.2, 0.25) is 5.95 Å². The van der Waals surface area contributed by atoms with E-state index < -0.39 is 17.6 Å². The Morgan fingerprint density at radius 3 is 2.41 bits per heavy atom. The van der Waals surface area contributed by atoms with E-state index in [0.717, 1.165) is 31.4 Å². The molecule has 0 saturated carbocycles. The molecular formula is C11H15F3N2S. The van der Waals surface area contributed by atoms with Crippen molar-refractivity contribution in [2.75, 3.05) is 25.4 Å². The van der Waals surface area contributed by atoms with E-state index >= 15 is 0 Å². The predicted octanol–water partition coefficient (Wildman–Crippen LogP) is 2.93. The van der Waals surface area contributed by atoms with Gasteiger partial charge in [-0.1, -0.05) is 13.8 Å². The van der Waals surface area contributed by atoms with Gasteiger partial charge in [-0.05, 0) is 13.1 Å². The third kappa shape index (κ3) is 4.20. The largest absolute Gasteiger partial charge is 0.303 e. The molecule has 0 atom stereocenters. The van der Waals surface area contributed by atoms with Crippen LogP contribution in [0.2, 0.25) is 0 Å². The van der Waals surface area contributed by atoms with Crippen molar-refractivity contribution in [1.82, 2.24) is 9.88 Å². The van der Waals surface area contributed by atoms with Crippen molar-refractivity contribution in [2.45, 2.75) is 18.9 Å². The molecule has 0 aliphatic carbocycles. The van der Waals surface area contributed by atoms with Gasteiger partial charge in [-0.2, -0.15) is 4.39 Å². The summed E-state index contributed by atoms with van der Waals surface area (Å²) in [5.41, 5.74) is 0. The molecule has 1 aromatic rings. The lowest BCUT2D eigenvalue weighted by Crippen LogP contribution is -2.25. The molecule has 0 aromatic carbocycles. The van der Waals surface area contributed by atoms with Crippen molar-refractivity contribution in [3.63, 3.8) is 0 Å². The first-order valence-corrected chi connectivity index (χ1v) is 6.43. The van der Waals surface area contributed by atoms with Gasteiger partial charge in [-0.3, -0.25) is 0 Å². The molecule has 0 fully saturated rings. The van der Waals surface area contributed by atoms with Crippen LogP contribution >= 0.6 is 11.8 Å². The van der Waals surface area contributed by atoms with E-state index in [1.165, 1.54) is 0 Å². The molecule has 6 heteroatoms. The van der Waals surface area contributed by atoms with Crippen LogP contribution in [0.3, 0.4) is 0 Å². The van der Waals surface area contributed by atoms with Gasteiger partial charge in [0.15, 0.2) is 11.6 Å². The van der Waals surface area contributed by atoms with E-state index in [1.807, 2.05) is 13.8 Å². The summed E-state index contributed by atoms with van der Waals surface area (Å²) in [4.78, 5) is 5.41. The average molecular weight is 264 g/mol. The first kappa shape index (κ1) is 14.3. The average Bonchev–Trinajstić information content (AvgIpc) is 2.31. The fourth-order valence-corrected chi connectivity index (χ4v) is 2.23. The second-order valence-electron chi connectivity index (χ2n) is 3.42. The van der Waals surface area contributed by atoms with Gasteiger partial charge in [0, 0.05) is 18.4 Å². The zero-order valence-electron chi connectivity index (χ0n) is 9.84. The van der Waals surface area contributed by atoms with Crippen LogP contribution in [0.4, 0.5) is 13.2 Å². The number of hydrogen-bond donors (Lipinski definition) is 0. The highest BCUT2D eigenvalue weighted by atomic mass is 32.2. The third-order valence-electron chi connectivity index (χ3n) is 2.40. The lowest BCUT2D eigenvalue weighted by atomic mass is 10.4. The second kappa shape index (κ2) is 6.86. The van der Waals surface area contributed by atoms with Crippen molar-refractivity contribution in [3.8, 4) is 0 Å². The Morgan fingerprint density at radius 1 is 1.18 bits per heavy atom. The summed E-state index contributed by atoms with van der Waals surface area (Å²) >= 11 is 1.09. The Labute approximate surface area is 103 Å². The van der Waals surface area contributed by atoms with Gasteiger partial charge in [-0.25, -0.2) is 13.8 Å². The summed E-state index contributed by atoms with van der Waals surface area (Å²) in [6, 6.07) is 0.530. The number of thioether (sulfide) groups is 1. The van der Waals surface area contributed by atoms with Crippen LogP contribution in [0.1, 0.15) is 13.8 Å². The van der Waals surface area contributed by atoms with Gasteiger partial charge in [-0.15, -0.1) is 11.8 Å². The molecule has 96 valence electrons. The minimum absolute atomic E-state index is 0.0870. The Morgan fingerprint density at radius 2 is 1.82 bits per heavy atom. The second-order valence-corrected chi connectivity index (χ2v) is 4.51. The molecular weight excluding hydrogens is 249 g/mol. The van der Waals surface area contributed by atoms with Crippen molar-refractivity contribution in [3.05, 3.63) is 23.6 Å². The molecule has 1 heterocycles. The van der Waals surface area contributed by atoms with Crippen molar-refractivity contribution >= 4 is 11.8 Å². The summed E-state index contributed by atoms with van der Waals surface area (Å²) in [6.45, 7) is 6.64. The molecule has 0 radical (unpaired) electrons. The number of aromatic nitrogens is 1. The van der Waals surface area contributed by atoms with Crippen LogP contribution < -0.4 is 0 Å². The zero-order valence-corrected chi connectivity index (χ0v) is 10.7. The van der Waals surface area contributed by atoms with E-state index in [2.05, 4.69) is 9.88 Å². The molecule has 2 nitrogen and oxygen atoms in total. The van der Waals surface area contributed by atoms with Gasteiger partial charge < -0.3 is 4.90 Å². The third-order valence-corrected chi connectivity index (χ3v) is 3.34. The number of halogens is 3. The molecule has 0 N–H and O–H groups in total. The molecule has 17 heavy (non-hydrogen) atoms. The quantitative estimate of drug-likeness (QED) is 0.580. The first-order chi connectivity index (χ1) is 8.08. The van der Waals surface area contributed by atoms with Crippen LogP contribution in [0.25, 0.3) is 0 Å². The smallest absolute Gasteiger partial charge is 0.250 e. The highest BCUT2D eigenvalue weighted by Crippen LogP contribution is 2.20. The maximum atomic E-state index is 13.2. The Bertz CT molecular complexity index is 370. The number of rotatable bonds is 6. The molecule has 0 spiro atoms. The van der Waals surface area contributed by atoms with Crippen LogP contribution in [0.5, 0.6) is 0 Å². The molecule has 0 amide bonds. The van der Waals surface area contributed by atoms with Gasteiger partial charge >= 0.3 is 0 Å². The van der Waals surface area contributed by atoms with Crippen LogP contribution in [0, 0.1) is 17.6 Å². The monoisotopic (exact) mass is 264 g/mol. The first-order valence-electron chi connectivity index (χ1n) is 5.45. The van der Waals surface area contributed by atoms with E-state index in [-0.39, 0.29) is 5.03 Å². The SMILES string of the molecule is CCN(CC)CCSc1nc(F)c(F)cc1F. The van der Waals surface area contributed by atoms with Crippen molar-refractivity contribution < 1.29 is 13.2 Å². The molecule has 0 aliphatic heterocycles. The van der Waals surface area contributed by atoms with Crippen LogP contribution in [-0.4, -0.2) is 35.3 Å². The molecule has 0 saturated heterocycles. The lowest BCUT2D eigenvalue weighted by Gasteiger charge is -2.17. The summed E-state index contributed by atoms with van der Waals surface area (Å²) in [5, 5.41) is -0.0870. The maximum absolute atomic E-state index is 13.2. The van der Waals surface area contributed by atoms with Crippen molar-refractivity contribution in [2.24, 2.45) is 0 Å². The summed E-state index contributed by atoms with van der Waals surface area (Å²) in [7, 11) is 0. The standard InChI is InChI=1S/C11H15F3N2S/c1-3-16(4-2)5-6-17-11-9(13)7-8(12)10(14)15-11/h7H,3-6H2,1-2H3. The van der Waals surface area contributed by atoms with E-state index in [1.54, 1.807) is 0 Å². The van der Waals surface area contributed by atoms with E-state index in [0.29, 0.717) is 11.8 Å². The summed E-state index contributed by atoms with van der Waals surface area (Å²) in [5.74, 6) is -2.72. The molecule has 1 aromatic heterocycles. The fraction of sp³-hybridized carbons (Fsp3) is 0.545. The van der Waals surface area contributed by atoms with Gasteiger partial charge in [0.1, 0.15) is 5.03 Å². The Kier molecular flexibility index (Phi) is 5.77. The fourth-order valence-electron chi connectivity index (χ4n) is 1.34. The van der Waals surface area contributed by atoms with Crippen molar-refractivity contribution in [1.29, 1.82) is 0 Å².